The number of benzene rings is 1. The molecule has 1 heterocycles. The van der Waals surface area contributed by atoms with Crippen molar-refractivity contribution in [3.05, 3.63) is 29.3 Å². The zero-order valence-corrected chi connectivity index (χ0v) is 17.9. The summed E-state index contributed by atoms with van der Waals surface area (Å²) in [7, 11) is -1.41. The summed E-state index contributed by atoms with van der Waals surface area (Å²) in [6, 6.07) is 5.44. The topological polar surface area (TPSA) is 73.8 Å². The Kier molecular flexibility index (Phi) is 8.10. The molecule has 0 spiro atoms. The number of piperidine rings is 1. The normalized spacial score (nSPS) is 17.6. The minimum absolute atomic E-state index is 0.389. The van der Waals surface area contributed by atoms with E-state index in [0.717, 1.165) is 30.2 Å². The maximum atomic E-state index is 11.7. The first-order valence-electron chi connectivity index (χ1n) is 9.76. The van der Waals surface area contributed by atoms with E-state index in [1.165, 1.54) is 38.6 Å². The maximum absolute atomic E-state index is 11.7. The van der Waals surface area contributed by atoms with Gasteiger partial charge >= 0.3 is 0 Å². The van der Waals surface area contributed by atoms with E-state index >= 15 is 0 Å². The van der Waals surface area contributed by atoms with Crippen LogP contribution in [0.5, 0.6) is 0 Å². The van der Waals surface area contributed by atoms with Gasteiger partial charge in [-0.1, -0.05) is 25.5 Å². The molecule has 0 aromatic heterocycles. The number of likely N-dealkylation sites (tertiary alicyclic amines) is 1. The molecule has 1 saturated heterocycles. The van der Waals surface area contributed by atoms with Gasteiger partial charge in [-0.25, -0.2) is 8.42 Å². The van der Waals surface area contributed by atoms with Gasteiger partial charge in [-0.3, -0.25) is 4.99 Å². The molecule has 0 aliphatic carbocycles. The Morgan fingerprint density at radius 3 is 2.52 bits per heavy atom. The van der Waals surface area contributed by atoms with E-state index in [-0.39, 0.29) is 0 Å². The third kappa shape index (κ3) is 7.14. The Balaban J connectivity index is 1.80. The number of nitrogens with zero attached hydrogens (tertiary/aromatic N) is 2. The zero-order valence-electron chi connectivity index (χ0n) is 17.1. The van der Waals surface area contributed by atoms with Crippen LogP contribution in [0.15, 0.2) is 28.1 Å². The second kappa shape index (κ2) is 10.1. The predicted molar refractivity (Wildman–Crippen MR) is 112 cm³/mol. The van der Waals surface area contributed by atoms with Crippen LogP contribution in [0, 0.1) is 12.8 Å². The molecule has 1 aromatic rings. The fraction of sp³-hybridized carbons (Fsp3) is 0.650. The van der Waals surface area contributed by atoms with Gasteiger partial charge in [-0.15, -0.1) is 0 Å². The third-order valence-corrected chi connectivity index (χ3v) is 6.22. The number of rotatable bonds is 7. The summed E-state index contributed by atoms with van der Waals surface area (Å²) in [6.07, 6.45) is 5.25. The van der Waals surface area contributed by atoms with Gasteiger partial charge in [-0.05, 0) is 56.0 Å². The molecule has 1 aromatic carbocycles. The van der Waals surface area contributed by atoms with Gasteiger partial charge in [0.05, 0.1) is 4.90 Å². The molecule has 1 aliphatic rings. The fourth-order valence-electron chi connectivity index (χ4n) is 3.56. The quantitative estimate of drug-likeness (QED) is 0.548. The lowest BCUT2D eigenvalue weighted by molar-refractivity contribution is 0.201. The van der Waals surface area contributed by atoms with Crippen LogP contribution in [-0.4, -0.2) is 58.8 Å². The summed E-state index contributed by atoms with van der Waals surface area (Å²) in [5, 5.41) is 6.70. The average molecular weight is 395 g/mol. The second-order valence-corrected chi connectivity index (χ2v) is 9.63. The van der Waals surface area contributed by atoms with Crippen LogP contribution < -0.4 is 10.6 Å². The molecule has 1 fully saturated rings. The molecule has 1 unspecified atom stereocenters. The van der Waals surface area contributed by atoms with Crippen LogP contribution in [-0.2, 0) is 16.4 Å². The summed E-state index contributed by atoms with van der Waals surface area (Å²) in [4.78, 5) is 7.23. The van der Waals surface area contributed by atoms with Crippen LogP contribution in [0.1, 0.15) is 37.3 Å². The number of sulfone groups is 1. The van der Waals surface area contributed by atoms with E-state index in [0.29, 0.717) is 17.4 Å². The van der Waals surface area contributed by atoms with Crippen molar-refractivity contribution < 1.29 is 8.42 Å². The highest BCUT2D eigenvalue weighted by Gasteiger charge is 2.14. The van der Waals surface area contributed by atoms with Crippen LogP contribution in [0.4, 0.5) is 0 Å². The third-order valence-electron chi connectivity index (χ3n) is 4.96. The van der Waals surface area contributed by atoms with Crippen molar-refractivity contribution in [2.45, 2.75) is 44.6 Å². The molecule has 6 nitrogen and oxygen atoms in total. The van der Waals surface area contributed by atoms with Crippen LogP contribution in [0.25, 0.3) is 0 Å². The van der Waals surface area contributed by atoms with Crippen molar-refractivity contribution in [3.63, 3.8) is 0 Å². The van der Waals surface area contributed by atoms with Gasteiger partial charge in [0.2, 0.25) is 0 Å². The smallest absolute Gasteiger partial charge is 0.191 e. The summed E-state index contributed by atoms with van der Waals surface area (Å²) in [5.41, 5.74) is 1.80. The van der Waals surface area contributed by atoms with E-state index in [1.807, 2.05) is 19.1 Å². The standard InChI is InChI=1S/C20H34N4O2S/c1-16(15-24-10-6-5-7-11-24)13-22-20(21-3)23-14-18-8-9-19(17(2)12-18)27(4,25)26/h8-9,12,16H,5-7,10-11,13-15H2,1-4H3,(H2,21,22,23). The van der Waals surface area contributed by atoms with Gasteiger partial charge < -0.3 is 15.5 Å². The summed E-state index contributed by atoms with van der Waals surface area (Å²) in [5.74, 6) is 1.32. The van der Waals surface area contributed by atoms with Gasteiger partial charge in [-0.2, -0.15) is 0 Å². The van der Waals surface area contributed by atoms with Gasteiger partial charge in [0.1, 0.15) is 0 Å². The van der Waals surface area contributed by atoms with Gasteiger partial charge in [0.15, 0.2) is 15.8 Å². The Morgan fingerprint density at radius 1 is 1.22 bits per heavy atom. The van der Waals surface area contributed by atoms with Crippen molar-refractivity contribution in [1.82, 2.24) is 15.5 Å². The first-order chi connectivity index (χ1) is 12.8. The van der Waals surface area contributed by atoms with Crippen molar-refractivity contribution in [1.29, 1.82) is 0 Å². The predicted octanol–water partition coefficient (Wildman–Crippen LogP) is 2.19. The summed E-state index contributed by atoms with van der Waals surface area (Å²) < 4.78 is 23.4. The van der Waals surface area contributed by atoms with Crippen LogP contribution >= 0.6 is 0 Å². The Bertz CT molecular complexity index is 740. The number of hydrogen-bond acceptors (Lipinski definition) is 4. The largest absolute Gasteiger partial charge is 0.356 e. The minimum Gasteiger partial charge on any atom is -0.356 e. The lowest BCUT2D eigenvalue weighted by Gasteiger charge is -2.29. The molecular weight excluding hydrogens is 360 g/mol. The maximum Gasteiger partial charge on any atom is 0.191 e. The molecule has 2 N–H and O–H groups in total. The molecule has 27 heavy (non-hydrogen) atoms. The van der Waals surface area contributed by atoms with E-state index < -0.39 is 9.84 Å². The second-order valence-electron chi connectivity index (χ2n) is 7.65. The molecule has 152 valence electrons. The molecular formula is C20H34N4O2S. The highest BCUT2D eigenvalue weighted by Crippen LogP contribution is 2.16. The highest BCUT2D eigenvalue weighted by atomic mass is 32.2. The van der Waals surface area contributed by atoms with Gasteiger partial charge in [0, 0.05) is 32.9 Å². The van der Waals surface area contributed by atoms with Crippen LogP contribution in [0.3, 0.4) is 0 Å². The molecule has 7 heteroatoms. The van der Waals surface area contributed by atoms with E-state index in [2.05, 4.69) is 27.4 Å². The van der Waals surface area contributed by atoms with Crippen LogP contribution in [0.2, 0.25) is 0 Å². The van der Waals surface area contributed by atoms with Gasteiger partial charge in [0.25, 0.3) is 0 Å². The molecule has 2 rings (SSSR count). The van der Waals surface area contributed by atoms with Crippen molar-refractivity contribution >= 4 is 15.8 Å². The number of aryl methyl sites for hydroxylation is 1. The molecule has 1 aliphatic heterocycles. The summed E-state index contributed by atoms with van der Waals surface area (Å²) >= 11 is 0. The van der Waals surface area contributed by atoms with E-state index in [9.17, 15) is 8.42 Å². The minimum atomic E-state index is -3.18. The first-order valence-corrected chi connectivity index (χ1v) is 11.6. The molecule has 0 radical (unpaired) electrons. The Hall–Kier alpha value is -1.60. The molecule has 1 atom stereocenters. The molecule has 0 saturated carbocycles. The number of nitrogens with one attached hydrogen (secondary N) is 2. The monoisotopic (exact) mass is 394 g/mol. The molecule has 0 amide bonds. The summed E-state index contributed by atoms with van der Waals surface area (Å²) in [6.45, 7) is 9.14. The zero-order chi connectivity index (χ0) is 19.9. The SMILES string of the molecule is CN=C(NCc1ccc(S(C)(=O)=O)c(C)c1)NCC(C)CN1CCCCC1. The average Bonchev–Trinajstić information content (AvgIpc) is 2.61. The van der Waals surface area contributed by atoms with E-state index in [4.69, 9.17) is 0 Å². The van der Waals surface area contributed by atoms with Crippen molar-refractivity contribution in [3.8, 4) is 0 Å². The lowest BCUT2D eigenvalue weighted by atomic mass is 10.1. The Labute approximate surface area is 164 Å². The fourth-order valence-corrected chi connectivity index (χ4v) is 4.52. The Morgan fingerprint density at radius 2 is 1.93 bits per heavy atom. The first kappa shape index (κ1) is 21.7. The highest BCUT2D eigenvalue weighted by molar-refractivity contribution is 7.90. The molecule has 0 bridgehead atoms. The number of aliphatic imine (C=N–C) groups is 1. The number of hydrogen-bond donors (Lipinski definition) is 2. The van der Waals surface area contributed by atoms with Crippen molar-refractivity contribution in [2.24, 2.45) is 10.9 Å². The lowest BCUT2D eigenvalue weighted by Crippen LogP contribution is -2.42. The van der Waals surface area contributed by atoms with Crippen molar-refractivity contribution in [2.75, 3.05) is 39.5 Å². The number of guanidine groups is 1. The van der Waals surface area contributed by atoms with E-state index in [1.54, 1.807) is 13.1 Å².